The number of H-pyrrole nitrogens is 1. The molecule has 13 nitrogen and oxygen atoms in total. The molecule has 4 heterocycles. The summed E-state index contributed by atoms with van der Waals surface area (Å²) in [6.07, 6.45) is -0.210. The molecule has 13 heteroatoms. The number of para-hydroxylation sites is 1. The number of cyclic esters (lactones) is 1. The molecule has 3 aliphatic heterocycles. The lowest BCUT2D eigenvalue weighted by molar-refractivity contribution is -0.166. The summed E-state index contributed by atoms with van der Waals surface area (Å²) in [5, 5.41) is 7.01. The topological polar surface area (TPSA) is 153 Å². The third-order valence-corrected chi connectivity index (χ3v) is 6.60. The third-order valence-electron chi connectivity index (χ3n) is 6.60. The first-order valence-corrected chi connectivity index (χ1v) is 12.3. The lowest BCUT2D eigenvalue weighted by Gasteiger charge is -2.43. The highest BCUT2D eigenvalue weighted by Crippen LogP contribution is 2.25. The molecule has 3 fully saturated rings. The normalized spacial score (nSPS) is 24.1. The van der Waals surface area contributed by atoms with Crippen molar-refractivity contribution in [1.82, 2.24) is 30.8 Å². The summed E-state index contributed by atoms with van der Waals surface area (Å²) >= 11 is 0. The number of carbonyl (C=O) groups excluding carboxylic acids is 5. The Bertz CT molecular complexity index is 1210. The highest BCUT2D eigenvalue weighted by molar-refractivity contribution is 5.99. The van der Waals surface area contributed by atoms with E-state index in [1.165, 1.54) is 5.01 Å². The third kappa shape index (κ3) is 4.81. The van der Waals surface area contributed by atoms with Gasteiger partial charge in [-0.1, -0.05) is 18.2 Å². The van der Waals surface area contributed by atoms with Crippen LogP contribution in [0.15, 0.2) is 30.3 Å². The summed E-state index contributed by atoms with van der Waals surface area (Å²) in [6, 6.07) is 6.60. The summed E-state index contributed by atoms with van der Waals surface area (Å²) in [5.74, 6) is -1.92. The zero-order chi connectivity index (χ0) is 26.1. The lowest BCUT2D eigenvalue weighted by atomic mass is 10.1. The Morgan fingerprint density at radius 1 is 1.19 bits per heavy atom. The summed E-state index contributed by atoms with van der Waals surface area (Å²) in [7, 11) is 0. The molecule has 5 rings (SSSR count). The van der Waals surface area contributed by atoms with Gasteiger partial charge in [0.15, 0.2) is 0 Å². The first-order chi connectivity index (χ1) is 17.9. The van der Waals surface area contributed by atoms with Crippen molar-refractivity contribution in [3.8, 4) is 0 Å². The molecule has 5 amide bonds. The molecular formula is C24H28N6O7. The van der Waals surface area contributed by atoms with Gasteiger partial charge in [0.1, 0.15) is 17.8 Å². The first-order valence-electron chi connectivity index (χ1n) is 12.3. The monoisotopic (exact) mass is 512 g/mol. The number of esters is 1. The van der Waals surface area contributed by atoms with E-state index in [1.54, 1.807) is 13.0 Å². The van der Waals surface area contributed by atoms with Crippen LogP contribution in [0.2, 0.25) is 0 Å². The number of benzene rings is 1. The van der Waals surface area contributed by atoms with E-state index in [4.69, 9.17) is 9.47 Å². The molecule has 37 heavy (non-hydrogen) atoms. The van der Waals surface area contributed by atoms with E-state index in [0.29, 0.717) is 12.8 Å². The molecule has 3 N–H and O–H groups in total. The van der Waals surface area contributed by atoms with Crippen molar-refractivity contribution >= 4 is 40.6 Å². The second-order valence-electron chi connectivity index (χ2n) is 9.05. The van der Waals surface area contributed by atoms with Gasteiger partial charge in [-0.25, -0.2) is 19.8 Å². The van der Waals surface area contributed by atoms with Gasteiger partial charge in [0, 0.05) is 30.5 Å². The Hall–Kier alpha value is -4.13. The molecule has 2 aromatic rings. The summed E-state index contributed by atoms with van der Waals surface area (Å²) in [6.45, 7) is 2.24. The van der Waals surface area contributed by atoms with Gasteiger partial charge in [0.25, 0.3) is 5.91 Å². The summed E-state index contributed by atoms with van der Waals surface area (Å²) in [4.78, 5) is 67.5. The molecule has 0 radical (unpaired) electrons. The minimum absolute atomic E-state index is 0.0268. The Balaban J connectivity index is 1.34. The van der Waals surface area contributed by atoms with Gasteiger partial charge < -0.3 is 19.8 Å². The number of aromatic nitrogens is 1. The minimum atomic E-state index is -1.02. The summed E-state index contributed by atoms with van der Waals surface area (Å²) < 4.78 is 10.5. The number of fused-ring (bicyclic) bond motifs is 2. The molecule has 1 aromatic heterocycles. The number of urea groups is 1. The van der Waals surface area contributed by atoms with E-state index >= 15 is 0 Å². The molecule has 0 aliphatic carbocycles. The molecule has 0 bridgehead atoms. The molecule has 3 atom stereocenters. The Morgan fingerprint density at radius 2 is 2.00 bits per heavy atom. The van der Waals surface area contributed by atoms with Crippen molar-refractivity contribution in [2.24, 2.45) is 0 Å². The SMILES string of the molecule is CCOC1OC(=O)C[C@@H]1NC(=O)[C@@H]1CCCN2C(=O)CCN(NC(=O)c3cc4ccccc4[nH]3)C(=O)N12. The number of ether oxygens (including phenoxy) is 2. The van der Waals surface area contributed by atoms with Crippen LogP contribution in [0.25, 0.3) is 10.9 Å². The predicted octanol–water partition coefficient (Wildman–Crippen LogP) is 0.641. The number of aromatic amines is 1. The maximum Gasteiger partial charge on any atom is 0.358 e. The number of rotatable bonds is 6. The number of amides is 5. The average molecular weight is 513 g/mol. The van der Waals surface area contributed by atoms with E-state index in [0.717, 1.165) is 20.9 Å². The first kappa shape index (κ1) is 24.6. The van der Waals surface area contributed by atoms with E-state index in [1.807, 2.05) is 24.3 Å². The van der Waals surface area contributed by atoms with Gasteiger partial charge in [0.2, 0.25) is 18.1 Å². The van der Waals surface area contributed by atoms with Gasteiger partial charge in [0.05, 0.1) is 13.0 Å². The average Bonchev–Trinajstić information content (AvgIpc) is 3.45. The van der Waals surface area contributed by atoms with Crippen LogP contribution >= 0.6 is 0 Å². The van der Waals surface area contributed by atoms with Crippen LogP contribution in [-0.2, 0) is 23.9 Å². The Morgan fingerprint density at radius 3 is 2.78 bits per heavy atom. The van der Waals surface area contributed by atoms with Gasteiger partial charge >= 0.3 is 12.0 Å². The van der Waals surface area contributed by atoms with Crippen LogP contribution < -0.4 is 10.7 Å². The molecule has 3 saturated heterocycles. The van der Waals surface area contributed by atoms with Crippen LogP contribution in [-0.4, -0.2) is 87.8 Å². The molecule has 1 unspecified atom stereocenters. The number of carbonyl (C=O) groups is 5. The fraction of sp³-hybridized carbons (Fsp3) is 0.458. The number of hydrazine groups is 2. The summed E-state index contributed by atoms with van der Waals surface area (Å²) in [5.41, 5.74) is 3.60. The van der Waals surface area contributed by atoms with Crippen LogP contribution in [0.5, 0.6) is 0 Å². The maximum atomic E-state index is 13.6. The van der Waals surface area contributed by atoms with Crippen molar-refractivity contribution < 1.29 is 33.4 Å². The number of nitrogens with one attached hydrogen (secondary N) is 3. The van der Waals surface area contributed by atoms with Crippen molar-refractivity contribution in [2.75, 3.05) is 19.7 Å². The fourth-order valence-corrected chi connectivity index (χ4v) is 4.84. The van der Waals surface area contributed by atoms with E-state index in [-0.39, 0.29) is 44.1 Å². The van der Waals surface area contributed by atoms with Gasteiger partial charge in [-0.2, -0.15) is 0 Å². The van der Waals surface area contributed by atoms with E-state index < -0.39 is 42.2 Å². The molecular weight excluding hydrogens is 484 g/mol. The van der Waals surface area contributed by atoms with E-state index in [2.05, 4.69) is 15.7 Å². The highest BCUT2D eigenvalue weighted by Gasteiger charge is 2.46. The smallest absolute Gasteiger partial charge is 0.358 e. The van der Waals surface area contributed by atoms with Crippen molar-refractivity contribution in [3.63, 3.8) is 0 Å². The quantitative estimate of drug-likeness (QED) is 0.480. The molecule has 1 aromatic carbocycles. The Kier molecular flexibility index (Phi) is 6.70. The Labute approximate surface area is 211 Å². The standard InChI is InChI=1S/C24H28N6O7/c1-2-36-23-17(13-20(32)37-23)26-22(34)18-8-5-10-29-19(31)9-11-28(24(35)30(18)29)27-21(33)16-12-14-6-3-4-7-15(14)25-16/h3-4,6-7,12,17-18,23,25H,2,5,8-11,13H2,1H3,(H,26,34)(H,27,33)/t17-,18-,23?/m0/s1. The van der Waals surface area contributed by atoms with Gasteiger partial charge in [-0.15, -0.1) is 0 Å². The van der Waals surface area contributed by atoms with Crippen LogP contribution in [0.4, 0.5) is 4.79 Å². The molecule has 196 valence electrons. The fourth-order valence-electron chi connectivity index (χ4n) is 4.84. The second-order valence-corrected chi connectivity index (χ2v) is 9.05. The zero-order valence-corrected chi connectivity index (χ0v) is 20.3. The maximum absolute atomic E-state index is 13.6. The van der Waals surface area contributed by atoms with Crippen LogP contribution in [0.1, 0.15) is 43.1 Å². The molecule has 3 aliphatic rings. The van der Waals surface area contributed by atoms with Crippen molar-refractivity contribution in [2.45, 2.75) is 51.0 Å². The number of hydrogen-bond acceptors (Lipinski definition) is 7. The zero-order valence-electron chi connectivity index (χ0n) is 20.3. The minimum Gasteiger partial charge on any atom is -0.433 e. The largest absolute Gasteiger partial charge is 0.433 e. The molecule has 0 spiro atoms. The van der Waals surface area contributed by atoms with Gasteiger partial charge in [-0.05, 0) is 31.9 Å². The second kappa shape index (κ2) is 10.1. The predicted molar refractivity (Wildman–Crippen MR) is 127 cm³/mol. The molecule has 0 saturated carbocycles. The van der Waals surface area contributed by atoms with Gasteiger partial charge in [-0.3, -0.25) is 24.6 Å². The van der Waals surface area contributed by atoms with E-state index in [9.17, 15) is 24.0 Å². The lowest BCUT2D eigenvalue weighted by Crippen LogP contribution is -2.65. The van der Waals surface area contributed by atoms with Crippen LogP contribution in [0.3, 0.4) is 0 Å². The van der Waals surface area contributed by atoms with Crippen molar-refractivity contribution in [3.05, 3.63) is 36.0 Å². The number of hydrogen-bond donors (Lipinski definition) is 3. The number of nitrogens with zero attached hydrogens (tertiary/aromatic N) is 3. The van der Waals surface area contributed by atoms with Crippen LogP contribution in [0, 0.1) is 0 Å². The highest BCUT2D eigenvalue weighted by atomic mass is 16.7. The van der Waals surface area contributed by atoms with Crippen molar-refractivity contribution in [1.29, 1.82) is 0 Å².